The third kappa shape index (κ3) is 4.45. The summed E-state index contributed by atoms with van der Waals surface area (Å²) in [5.41, 5.74) is 1.91. The van der Waals surface area contributed by atoms with E-state index in [4.69, 9.17) is 16.6 Å². The molecule has 138 valence electrons. The van der Waals surface area contributed by atoms with Crippen molar-refractivity contribution < 1.29 is 4.79 Å². The van der Waals surface area contributed by atoms with Crippen LogP contribution in [-0.2, 0) is 4.79 Å². The maximum absolute atomic E-state index is 12.9. The third-order valence-electron chi connectivity index (χ3n) is 4.67. The molecule has 0 bridgehead atoms. The van der Waals surface area contributed by atoms with Gasteiger partial charge in [0.2, 0.25) is 5.91 Å². The van der Waals surface area contributed by atoms with Crippen LogP contribution in [0.3, 0.4) is 0 Å². The molecule has 2 aromatic rings. The van der Waals surface area contributed by atoms with E-state index in [1.165, 1.54) is 0 Å². The number of hydrogen-bond donors (Lipinski definition) is 0. The molecule has 1 saturated carbocycles. The predicted octanol–water partition coefficient (Wildman–Crippen LogP) is 4.76. The SMILES string of the molecule is Cc1c(Cl)ccc2sc(N(CCCN(C)C)C(=O)C3CCC3)nc12.Cl. The minimum absolute atomic E-state index is 0. The summed E-state index contributed by atoms with van der Waals surface area (Å²) in [5.74, 6) is 0.420. The summed E-state index contributed by atoms with van der Waals surface area (Å²) in [6, 6.07) is 3.91. The lowest BCUT2D eigenvalue weighted by Gasteiger charge is -2.30. The first-order valence-electron chi connectivity index (χ1n) is 8.49. The van der Waals surface area contributed by atoms with Gasteiger partial charge >= 0.3 is 0 Å². The van der Waals surface area contributed by atoms with E-state index in [1.54, 1.807) is 11.3 Å². The molecular weight excluding hydrogens is 377 g/mol. The van der Waals surface area contributed by atoms with Gasteiger partial charge in [0.15, 0.2) is 5.13 Å². The number of fused-ring (bicyclic) bond motifs is 1. The van der Waals surface area contributed by atoms with E-state index in [0.717, 1.165) is 64.7 Å². The Hall–Kier alpha value is -0.880. The second-order valence-electron chi connectivity index (χ2n) is 6.79. The predicted molar refractivity (Wildman–Crippen MR) is 109 cm³/mol. The second-order valence-corrected chi connectivity index (χ2v) is 8.21. The Morgan fingerprint density at radius 3 is 2.64 bits per heavy atom. The van der Waals surface area contributed by atoms with Crippen molar-refractivity contribution in [2.24, 2.45) is 5.92 Å². The van der Waals surface area contributed by atoms with Gasteiger partial charge in [-0.25, -0.2) is 4.98 Å². The van der Waals surface area contributed by atoms with Crippen molar-refractivity contribution in [2.45, 2.75) is 32.6 Å². The smallest absolute Gasteiger partial charge is 0.231 e. The number of thiazole rings is 1. The molecular formula is C18H25Cl2N3OS. The number of aromatic nitrogens is 1. The van der Waals surface area contributed by atoms with Gasteiger partial charge in [-0.05, 0) is 64.5 Å². The molecule has 7 heteroatoms. The van der Waals surface area contributed by atoms with Crippen LogP contribution in [0.2, 0.25) is 5.02 Å². The van der Waals surface area contributed by atoms with E-state index >= 15 is 0 Å². The Morgan fingerprint density at radius 2 is 2.04 bits per heavy atom. The van der Waals surface area contributed by atoms with E-state index in [-0.39, 0.29) is 24.2 Å². The van der Waals surface area contributed by atoms with Crippen molar-refractivity contribution in [3.05, 3.63) is 22.7 Å². The highest BCUT2D eigenvalue weighted by atomic mass is 35.5. The normalized spacial score (nSPS) is 14.4. The highest BCUT2D eigenvalue weighted by Gasteiger charge is 2.31. The van der Waals surface area contributed by atoms with Gasteiger partial charge in [0.1, 0.15) is 0 Å². The molecule has 4 nitrogen and oxygen atoms in total. The van der Waals surface area contributed by atoms with Crippen LogP contribution in [0.5, 0.6) is 0 Å². The van der Waals surface area contributed by atoms with Gasteiger partial charge in [0.05, 0.1) is 10.2 Å². The van der Waals surface area contributed by atoms with Gasteiger partial charge in [0.25, 0.3) is 0 Å². The monoisotopic (exact) mass is 401 g/mol. The number of carbonyl (C=O) groups excluding carboxylic acids is 1. The highest BCUT2D eigenvalue weighted by Crippen LogP contribution is 2.36. The van der Waals surface area contributed by atoms with Crippen LogP contribution < -0.4 is 4.90 Å². The van der Waals surface area contributed by atoms with Crippen LogP contribution in [0.4, 0.5) is 5.13 Å². The summed E-state index contributed by atoms with van der Waals surface area (Å²) in [6.45, 7) is 3.67. The lowest BCUT2D eigenvalue weighted by atomic mass is 9.84. The Bertz CT molecular complexity index is 743. The molecule has 0 N–H and O–H groups in total. The molecule has 25 heavy (non-hydrogen) atoms. The van der Waals surface area contributed by atoms with Gasteiger partial charge in [-0.3, -0.25) is 9.69 Å². The molecule has 0 saturated heterocycles. The zero-order chi connectivity index (χ0) is 17.3. The second kappa shape index (κ2) is 8.67. The van der Waals surface area contributed by atoms with Gasteiger partial charge in [-0.15, -0.1) is 12.4 Å². The largest absolute Gasteiger partial charge is 0.309 e. The minimum Gasteiger partial charge on any atom is -0.309 e. The van der Waals surface area contributed by atoms with Crippen molar-refractivity contribution >= 4 is 56.6 Å². The maximum atomic E-state index is 12.9. The average Bonchev–Trinajstić information content (AvgIpc) is 2.90. The molecule has 1 aliphatic carbocycles. The Morgan fingerprint density at radius 1 is 1.32 bits per heavy atom. The fraction of sp³-hybridized carbons (Fsp3) is 0.556. The first kappa shape index (κ1) is 20.4. The van der Waals surface area contributed by atoms with Crippen LogP contribution in [-0.4, -0.2) is 43.0 Å². The molecule has 0 radical (unpaired) electrons. The number of nitrogens with zero attached hydrogens (tertiary/aromatic N) is 3. The Labute approximate surface area is 164 Å². The summed E-state index contributed by atoms with van der Waals surface area (Å²) < 4.78 is 1.09. The van der Waals surface area contributed by atoms with Gasteiger partial charge in [-0.1, -0.05) is 29.4 Å². The van der Waals surface area contributed by atoms with Gasteiger partial charge < -0.3 is 4.90 Å². The number of carbonyl (C=O) groups is 1. The molecule has 1 aromatic heterocycles. The first-order valence-corrected chi connectivity index (χ1v) is 9.68. The van der Waals surface area contributed by atoms with E-state index < -0.39 is 0 Å². The standard InChI is InChI=1S/C18H24ClN3OS.ClH/c1-12-14(19)8-9-15-16(12)20-18(24-15)22(11-5-10-21(2)3)17(23)13-6-4-7-13;/h8-9,13H,4-7,10-11H2,1-3H3;1H. The molecule has 1 heterocycles. The molecule has 3 rings (SSSR count). The fourth-order valence-electron chi connectivity index (χ4n) is 2.93. The molecule has 0 unspecified atom stereocenters. The number of hydrogen-bond acceptors (Lipinski definition) is 4. The third-order valence-corrected chi connectivity index (χ3v) is 6.13. The highest BCUT2D eigenvalue weighted by molar-refractivity contribution is 7.22. The zero-order valence-corrected chi connectivity index (χ0v) is 17.3. The molecule has 1 amide bonds. The maximum Gasteiger partial charge on any atom is 0.231 e. The number of amides is 1. The summed E-state index contributed by atoms with van der Waals surface area (Å²) in [5, 5.41) is 1.54. The van der Waals surface area contributed by atoms with E-state index in [9.17, 15) is 4.79 Å². The minimum atomic E-state index is 0. The molecule has 0 aliphatic heterocycles. The van der Waals surface area contributed by atoms with Crippen molar-refractivity contribution in [2.75, 3.05) is 32.1 Å². The quantitative estimate of drug-likeness (QED) is 0.699. The van der Waals surface area contributed by atoms with Crippen LogP contribution in [0.1, 0.15) is 31.2 Å². The number of rotatable bonds is 6. The molecule has 1 aliphatic rings. The zero-order valence-electron chi connectivity index (χ0n) is 14.9. The molecule has 1 aromatic carbocycles. The Kier molecular flexibility index (Phi) is 7.09. The van der Waals surface area contributed by atoms with E-state index in [1.807, 2.05) is 24.0 Å². The lowest BCUT2D eigenvalue weighted by Crippen LogP contribution is -2.40. The van der Waals surface area contributed by atoms with E-state index in [0.29, 0.717) is 0 Å². The lowest BCUT2D eigenvalue weighted by molar-refractivity contribution is -0.124. The number of aryl methyl sites for hydroxylation is 1. The van der Waals surface area contributed by atoms with E-state index in [2.05, 4.69) is 19.0 Å². The Balaban J connectivity index is 0.00000225. The first-order chi connectivity index (χ1) is 11.5. The van der Waals surface area contributed by atoms with Crippen LogP contribution in [0, 0.1) is 12.8 Å². The van der Waals surface area contributed by atoms with Crippen LogP contribution in [0.25, 0.3) is 10.2 Å². The molecule has 0 spiro atoms. The van der Waals surface area contributed by atoms with Crippen molar-refractivity contribution in [3.63, 3.8) is 0 Å². The summed E-state index contributed by atoms with van der Waals surface area (Å²) >= 11 is 7.81. The summed E-state index contributed by atoms with van der Waals surface area (Å²) in [6.07, 6.45) is 4.13. The number of benzene rings is 1. The summed E-state index contributed by atoms with van der Waals surface area (Å²) in [4.78, 5) is 21.7. The van der Waals surface area contributed by atoms with Gasteiger partial charge in [-0.2, -0.15) is 0 Å². The topological polar surface area (TPSA) is 36.4 Å². The van der Waals surface area contributed by atoms with Crippen LogP contribution in [0.15, 0.2) is 12.1 Å². The van der Waals surface area contributed by atoms with Crippen molar-refractivity contribution in [1.82, 2.24) is 9.88 Å². The van der Waals surface area contributed by atoms with Gasteiger partial charge in [0, 0.05) is 17.5 Å². The fourth-order valence-corrected chi connectivity index (χ4v) is 4.13. The average molecular weight is 402 g/mol. The van der Waals surface area contributed by atoms with Crippen molar-refractivity contribution in [1.29, 1.82) is 0 Å². The molecule has 1 fully saturated rings. The number of anilines is 1. The van der Waals surface area contributed by atoms with Crippen molar-refractivity contribution in [3.8, 4) is 0 Å². The molecule has 0 atom stereocenters. The van der Waals surface area contributed by atoms with Crippen LogP contribution >= 0.6 is 35.3 Å². The number of halogens is 2. The summed E-state index contributed by atoms with van der Waals surface area (Å²) in [7, 11) is 4.11.